The molecule has 4 heteroatoms. The van der Waals surface area contributed by atoms with E-state index in [0.717, 1.165) is 5.70 Å². The molecule has 0 aliphatic carbocycles. The number of anilines is 1. The summed E-state index contributed by atoms with van der Waals surface area (Å²) in [6.07, 6.45) is 2.25. The quantitative estimate of drug-likeness (QED) is 0.167. The van der Waals surface area contributed by atoms with Gasteiger partial charge in [-0.2, -0.15) is 0 Å². The van der Waals surface area contributed by atoms with Gasteiger partial charge < -0.3 is 10.6 Å². The largest absolute Gasteiger partial charge is 0.368 e. The zero-order valence-corrected chi connectivity index (χ0v) is 26.5. The third kappa shape index (κ3) is 5.16. The summed E-state index contributed by atoms with van der Waals surface area (Å²) in [5, 5.41) is 16.9. The molecule has 3 unspecified atom stereocenters. The van der Waals surface area contributed by atoms with Crippen LogP contribution in [0.1, 0.15) is 39.8 Å². The van der Waals surface area contributed by atoms with Crippen molar-refractivity contribution in [2.75, 3.05) is 5.32 Å². The van der Waals surface area contributed by atoms with Crippen LogP contribution in [0.25, 0.3) is 38.4 Å². The Kier molecular flexibility index (Phi) is 7.03. The Morgan fingerprint density at radius 2 is 1.21 bits per heavy atom. The van der Waals surface area contributed by atoms with Crippen LogP contribution in [-0.2, 0) is 0 Å². The minimum Gasteiger partial charge on any atom is -0.368 e. The van der Waals surface area contributed by atoms with Crippen LogP contribution in [0.3, 0.4) is 0 Å². The van der Waals surface area contributed by atoms with E-state index in [2.05, 4.69) is 180 Å². The van der Waals surface area contributed by atoms with Crippen molar-refractivity contribution < 1.29 is 0 Å². The van der Waals surface area contributed by atoms with Crippen LogP contribution >= 0.6 is 11.8 Å². The highest BCUT2D eigenvalue weighted by atomic mass is 32.2. The molecule has 47 heavy (non-hydrogen) atoms. The van der Waals surface area contributed by atoms with Crippen molar-refractivity contribution >= 4 is 44.7 Å². The Morgan fingerprint density at radius 1 is 0.532 bits per heavy atom. The molecule has 7 aromatic carbocycles. The van der Waals surface area contributed by atoms with Gasteiger partial charge >= 0.3 is 0 Å². The van der Waals surface area contributed by atoms with Gasteiger partial charge in [0.25, 0.3) is 0 Å². The van der Waals surface area contributed by atoms with Gasteiger partial charge in [0, 0.05) is 16.0 Å². The van der Waals surface area contributed by atoms with Crippen molar-refractivity contribution in [2.24, 2.45) is 0 Å². The molecule has 7 aromatic rings. The molecule has 0 aromatic heterocycles. The molecule has 9 rings (SSSR count). The van der Waals surface area contributed by atoms with Crippen LogP contribution in [0, 0.1) is 0 Å². The fourth-order valence-corrected chi connectivity index (χ4v) is 8.24. The number of fused-ring (bicyclic) bond motifs is 5. The van der Waals surface area contributed by atoms with Crippen molar-refractivity contribution in [1.29, 1.82) is 0 Å². The predicted molar refractivity (Wildman–Crippen MR) is 198 cm³/mol. The molecular formula is C43H33N3S. The summed E-state index contributed by atoms with van der Waals surface area (Å²) in [7, 11) is 0. The lowest BCUT2D eigenvalue weighted by atomic mass is 9.91. The summed E-state index contributed by atoms with van der Waals surface area (Å²) < 4.78 is 0. The van der Waals surface area contributed by atoms with Gasteiger partial charge in [0.1, 0.15) is 11.5 Å². The molecule has 3 atom stereocenters. The Balaban J connectivity index is 1.11. The lowest BCUT2D eigenvalue weighted by Gasteiger charge is -2.34. The molecular weight excluding hydrogens is 591 g/mol. The normalized spacial score (nSPS) is 18.7. The summed E-state index contributed by atoms with van der Waals surface area (Å²) in [5.41, 5.74) is 9.78. The fourth-order valence-electron chi connectivity index (χ4n) is 7.09. The van der Waals surface area contributed by atoms with E-state index in [0.29, 0.717) is 0 Å². The topological polar surface area (TPSA) is 36.1 Å². The third-order valence-corrected chi connectivity index (χ3v) is 10.6. The van der Waals surface area contributed by atoms with Gasteiger partial charge in [-0.05, 0) is 67.7 Å². The first-order valence-electron chi connectivity index (χ1n) is 16.2. The molecule has 226 valence electrons. The number of thioether (sulfide) groups is 1. The van der Waals surface area contributed by atoms with Gasteiger partial charge in [0.15, 0.2) is 0 Å². The zero-order valence-electron chi connectivity index (χ0n) is 25.7. The molecule has 3 nitrogen and oxygen atoms in total. The highest BCUT2D eigenvalue weighted by Gasteiger charge is 2.28. The number of benzene rings is 7. The van der Waals surface area contributed by atoms with Crippen LogP contribution in [0.4, 0.5) is 5.69 Å². The highest BCUT2D eigenvalue weighted by Crippen LogP contribution is 2.50. The van der Waals surface area contributed by atoms with Crippen LogP contribution in [0.15, 0.2) is 169 Å². The first-order valence-corrected chi connectivity index (χ1v) is 17.1. The summed E-state index contributed by atoms with van der Waals surface area (Å²) in [5.74, 6) is 0. The number of hydrogen-bond donors (Lipinski definition) is 3. The van der Waals surface area contributed by atoms with E-state index in [1.165, 1.54) is 65.5 Å². The number of hydrogen-bond acceptors (Lipinski definition) is 4. The summed E-state index contributed by atoms with van der Waals surface area (Å²) in [6, 6.07) is 56.8. The molecule has 0 spiro atoms. The molecule has 2 aliphatic heterocycles. The molecule has 0 saturated carbocycles. The monoisotopic (exact) mass is 623 g/mol. The van der Waals surface area contributed by atoms with Gasteiger partial charge in [-0.25, -0.2) is 0 Å². The van der Waals surface area contributed by atoms with E-state index in [1.54, 1.807) is 0 Å². The second-order valence-electron chi connectivity index (χ2n) is 12.3. The van der Waals surface area contributed by atoms with Crippen LogP contribution < -0.4 is 16.0 Å². The van der Waals surface area contributed by atoms with E-state index in [-0.39, 0.29) is 17.6 Å². The van der Waals surface area contributed by atoms with Crippen LogP contribution in [-0.4, -0.2) is 0 Å². The maximum Gasteiger partial charge on any atom is 0.104 e. The number of rotatable bonds is 5. The summed E-state index contributed by atoms with van der Waals surface area (Å²) in [4.78, 5) is 1.30. The van der Waals surface area contributed by atoms with E-state index in [4.69, 9.17) is 0 Å². The first-order chi connectivity index (χ1) is 23.3. The maximum absolute atomic E-state index is 3.96. The molecule has 0 radical (unpaired) electrons. The second-order valence-corrected chi connectivity index (χ2v) is 13.4. The summed E-state index contributed by atoms with van der Waals surface area (Å²) >= 11 is 1.90. The van der Waals surface area contributed by atoms with Gasteiger partial charge in [0.05, 0.1) is 11.7 Å². The van der Waals surface area contributed by atoms with Crippen LogP contribution in [0.2, 0.25) is 0 Å². The Bertz CT molecular complexity index is 2260. The smallest absolute Gasteiger partial charge is 0.104 e. The molecule has 0 saturated heterocycles. The van der Waals surface area contributed by atoms with Gasteiger partial charge in [-0.3, -0.25) is 5.32 Å². The second kappa shape index (κ2) is 11.8. The van der Waals surface area contributed by atoms with E-state index >= 15 is 0 Å². The van der Waals surface area contributed by atoms with Crippen molar-refractivity contribution in [1.82, 2.24) is 10.6 Å². The lowest BCUT2D eigenvalue weighted by Crippen LogP contribution is -2.39. The van der Waals surface area contributed by atoms with Crippen molar-refractivity contribution in [2.45, 2.75) is 22.5 Å². The average Bonchev–Trinajstić information content (AvgIpc) is 3.60. The highest BCUT2D eigenvalue weighted by molar-refractivity contribution is 8.00. The molecule has 2 aliphatic rings. The van der Waals surface area contributed by atoms with Crippen molar-refractivity contribution in [3.63, 3.8) is 0 Å². The van der Waals surface area contributed by atoms with Gasteiger partial charge in [-0.1, -0.05) is 157 Å². The maximum atomic E-state index is 3.96. The first kappa shape index (κ1) is 28.0. The van der Waals surface area contributed by atoms with Gasteiger partial charge in [0.2, 0.25) is 0 Å². The minimum absolute atomic E-state index is 0.0135. The summed E-state index contributed by atoms with van der Waals surface area (Å²) in [6.45, 7) is 0. The third-order valence-electron chi connectivity index (χ3n) is 9.39. The zero-order chi connectivity index (χ0) is 31.2. The Labute approximate surface area is 279 Å². The average molecular weight is 624 g/mol. The van der Waals surface area contributed by atoms with E-state index in [9.17, 15) is 0 Å². The van der Waals surface area contributed by atoms with E-state index in [1.807, 2.05) is 11.8 Å². The van der Waals surface area contributed by atoms with Crippen LogP contribution in [0.5, 0.6) is 0 Å². The minimum atomic E-state index is -0.0817. The predicted octanol–water partition coefficient (Wildman–Crippen LogP) is 10.9. The van der Waals surface area contributed by atoms with E-state index < -0.39 is 0 Å². The molecule has 0 amide bonds. The SMILES string of the molecule is C1=C(c2ccccc2)NC(c2ccc3c(ccc4ccc5c(c43)NC(c3ccccc3)S5)c2)NC1c1ccccc1-c1ccccc1. The lowest BCUT2D eigenvalue weighted by molar-refractivity contribution is 0.443. The Hall–Kier alpha value is -5.29. The Morgan fingerprint density at radius 3 is 2.02 bits per heavy atom. The van der Waals surface area contributed by atoms with Crippen molar-refractivity contribution in [3.05, 3.63) is 186 Å². The standard InChI is InChI=1S/C43H33N3S/c1-4-12-28(13-5-1)34-18-10-11-19-36(34)38-27-37(29-14-6-2-7-15-29)44-42(45-38)33-22-24-35-32(26-33)21-20-30-23-25-39-41(40(30)35)46-43(47-39)31-16-8-3-9-17-31/h1-27,38,42-46H. The molecule has 0 bridgehead atoms. The molecule has 0 fully saturated rings. The van der Waals surface area contributed by atoms with Gasteiger partial charge in [-0.15, -0.1) is 0 Å². The fraction of sp³-hybridized carbons (Fsp3) is 0.0698. The number of nitrogens with one attached hydrogen (secondary N) is 3. The molecule has 3 N–H and O–H groups in total. The molecule has 2 heterocycles. The van der Waals surface area contributed by atoms with Crippen molar-refractivity contribution in [3.8, 4) is 11.1 Å².